The maximum Gasteiger partial charge on any atom is 0.163 e. The Labute approximate surface area is 292 Å². The lowest BCUT2D eigenvalue weighted by Crippen LogP contribution is -2.36. The van der Waals surface area contributed by atoms with Gasteiger partial charge in [0.05, 0.1) is 32.4 Å². The molecule has 0 bridgehead atoms. The van der Waals surface area contributed by atoms with Gasteiger partial charge in [-0.05, 0) is 51.3 Å². The van der Waals surface area contributed by atoms with Crippen LogP contribution in [-0.2, 0) is 11.2 Å². The molecule has 2 aromatic carbocycles. The molecule has 0 amide bonds. The SMILES string of the molecule is C=C.CC.CC.CC.CC.COc1cc2c(C)nc(C)nc2cc1OCCCCCCCN1CCOCC1.[B]c1cccc(CC)c1. The van der Waals surface area contributed by atoms with E-state index < -0.39 is 0 Å². The highest BCUT2D eigenvalue weighted by atomic mass is 16.5. The van der Waals surface area contributed by atoms with Crippen molar-refractivity contribution < 1.29 is 14.2 Å². The highest BCUT2D eigenvalue weighted by Crippen LogP contribution is 2.32. The molecule has 2 heterocycles. The Balaban J connectivity index is -0.000000848. The molecule has 1 aromatic heterocycles. The van der Waals surface area contributed by atoms with Crippen molar-refractivity contribution >= 4 is 24.2 Å². The number of unbranched alkanes of at least 4 members (excludes halogenated alkanes) is 4. The minimum absolute atomic E-state index is 0.703. The Kier molecular flexibility index (Phi) is 35.5. The lowest BCUT2D eigenvalue weighted by molar-refractivity contribution is 0.0371. The van der Waals surface area contributed by atoms with Gasteiger partial charge in [0.15, 0.2) is 11.5 Å². The number of morpholine rings is 1. The van der Waals surface area contributed by atoms with Crippen LogP contribution in [0, 0.1) is 13.8 Å². The van der Waals surface area contributed by atoms with Crippen LogP contribution in [0.1, 0.15) is 111 Å². The highest BCUT2D eigenvalue weighted by Gasteiger charge is 2.11. The number of hydrogen-bond donors (Lipinski definition) is 0. The van der Waals surface area contributed by atoms with Crippen molar-refractivity contribution in [1.29, 1.82) is 0 Å². The van der Waals surface area contributed by atoms with Crippen LogP contribution in [0.4, 0.5) is 0 Å². The van der Waals surface area contributed by atoms with Crippen molar-refractivity contribution in [2.24, 2.45) is 0 Å². The van der Waals surface area contributed by atoms with Crippen LogP contribution < -0.4 is 14.9 Å². The third-order valence-electron chi connectivity index (χ3n) is 6.62. The third-order valence-corrected chi connectivity index (χ3v) is 6.62. The normalized spacial score (nSPS) is 11.4. The maximum absolute atomic E-state index is 6.01. The van der Waals surface area contributed by atoms with Gasteiger partial charge in [-0.15, -0.1) is 13.2 Å². The number of methoxy groups -OCH3 is 1. The summed E-state index contributed by atoms with van der Waals surface area (Å²) in [5.41, 5.74) is 4.03. The van der Waals surface area contributed by atoms with Gasteiger partial charge in [-0.1, -0.05) is 111 Å². The van der Waals surface area contributed by atoms with Crippen LogP contribution in [0.5, 0.6) is 11.5 Å². The van der Waals surface area contributed by atoms with Gasteiger partial charge in [-0.3, -0.25) is 4.90 Å². The van der Waals surface area contributed by atoms with E-state index in [9.17, 15) is 0 Å². The smallest absolute Gasteiger partial charge is 0.163 e. The summed E-state index contributed by atoms with van der Waals surface area (Å²) in [7, 11) is 7.21. The van der Waals surface area contributed by atoms with Crippen LogP contribution in [0.25, 0.3) is 10.9 Å². The number of fused-ring (bicyclic) bond motifs is 1. The van der Waals surface area contributed by atoms with E-state index in [-0.39, 0.29) is 0 Å². The molecular weight excluding hydrogens is 581 g/mol. The molecule has 1 aliphatic rings. The van der Waals surface area contributed by atoms with E-state index in [1.807, 2.05) is 99.6 Å². The fourth-order valence-corrected chi connectivity index (χ4v) is 4.49. The van der Waals surface area contributed by atoms with Gasteiger partial charge >= 0.3 is 0 Å². The Bertz CT molecular complexity index is 1120. The van der Waals surface area contributed by atoms with Crippen LogP contribution in [0.15, 0.2) is 49.6 Å². The summed E-state index contributed by atoms with van der Waals surface area (Å²) in [6, 6.07) is 11.9. The molecule has 0 N–H and O–H groups in total. The average molecular weight is 652 g/mol. The Morgan fingerprint density at radius 2 is 1.40 bits per heavy atom. The lowest BCUT2D eigenvalue weighted by atomic mass is 9.94. The molecule has 2 radical (unpaired) electrons. The molecule has 6 nitrogen and oxygen atoms in total. The molecule has 1 aliphatic heterocycles. The Morgan fingerprint density at radius 1 is 0.809 bits per heavy atom. The third kappa shape index (κ3) is 21.6. The number of benzene rings is 2. The minimum atomic E-state index is 0.703. The first-order chi connectivity index (χ1) is 23.0. The van der Waals surface area contributed by atoms with Gasteiger partial charge < -0.3 is 14.2 Å². The number of aryl methyl sites for hydroxylation is 3. The van der Waals surface area contributed by atoms with E-state index in [0.29, 0.717) is 6.61 Å². The first kappa shape index (κ1) is 48.5. The van der Waals surface area contributed by atoms with Gasteiger partial charge in [-0.2, -0.15) is 0 Å². The molecule has 1 fully saturated rings. The Hall–Kier alpha value is -2.90. The quantitative estimate of drug-likeness (QED) is 0.117. The maximum atomic E-state index is 6.01. The average Bonchev–Trinajstić information content (AvgIpc) is 3.14. The van der Waals surface area contributed by atoms with E-state index in [0.717, 1.165) is 78.5 Å². The predicted octanol–water partition coefficient (Wildman–Crippen LogP) is 9.87. The van der Waals surface area contributed by atoms with Gasteiger partial charge in [0, 0.05) is 30.2 Å². The summed E-state index contributed by atoms with van der Waals surface area (Å²) in [4.78, 5) is 11.5. The summed E-state index contributed by atoms with van der Waals surface area (Å²) in [5, 5.41) is 1.01. The fourth-order valence-electron chi connectivity index (χ4n) is 4.49. The van der Waals surface area contributed by atoms with Crippen molar-refractivity contribution in [3.8, 4) is 11.5 Å². The molecule has 7 heteroatoms. The Morgan fingerprint density at radius 3 is 1.96 bits per heavy atom. The summed E-state index contributed by atoms with van der Waals surface area (Å²) in [6.07, 6.45) is 7.13. The minimum Gasteiger partial charge on any atom is -0.493 e. The number of ether oxygens (including phenoxy) is 3. The first-order valence-electron chi connectivity index (χ1n) is 18.1. The second-order valence-corrected chi connectivity index (χ2v) is 9.55. The zero-order valence-corrected chi connectivity index (χ0v) is 32.5. The van der Waals surface area contributed by atoms with Gasteiger partial charge in [0.25, 0.3) is 0 Å². The van der Waals surface area contributed by atoms with Gasteiger partial charge in [-0.25, -0.2) is 9.97 Å². The van der Waals surface area contributed by atoms with Gasteiger partial charge in [0.1, 0.15) is 13.7 Å². The van der Waals surface area contributed by atoms with Crippen molar-refractivity contribution in [2.75, 3.05) is 46.6 Å². The van der Waals surface area contributed by atoms with Gasteiger partial charge in [0.2, 0.25) is 0 Å². The summed E-state index contributed by atoms with van der Waals surface area (Å²) >= 11 is 0. The van der Waals surface area contributed by atoms with Crippen LogP contribution in [0.2, 0.25) is 0 Å². The molecule has 1 saturated heterocycles. The second-order valence-electron chi connectivity index (χ2n) is 9.55. The number of rotatable bonds is 11. The zero-order valence-electron chi connectivity index (χ0n) is 32.5. The lowest BCUT2D eigenvalue weighted by Gasteiger charge is -2.26. The molecule has 0 atom stereocenters. The molecule has 266 valence electrons. The first-order valence-corrected chi connectivity index (χ1v) is 18.1. The van der Waals surface area contributed by atoms with Crippen molar-refractivity contribution in [1.82, 2.24) is 14.9 Å². The number of hydrogen-bond acceptors (Lipinski definition) is 6. The van der Waals surface area contributed by atoms with E-state index >= 15 is 0 Å². The van der Waals surface area contributed by atoms with E-state index in [1.54, 1.807) is 7.11 Å². The molecule has 0 aliphatic carbocycles. The highest BCUT2D eigenvalue weighted by molar-refractivity contribution is 6.32. The van der Waals surface area contributed by atoms with Crippen molar-refractivity contribution in [3.05, 3.63) is 66.6 Å². The summed E-state index contributed by atoms with van der Waals surface area (Å²) in [6.45, 7) is 33.9. The topological polar surface area (TPSA) is 56.7 Å². The zero-order chi connectivity index (χ0) is 36.5. The number of nitrogens with zero attached hydrogens (tertiary/aromatic N) is 3. The van der Waals surface area contributed by atoms with Crippen molar-refractivity contribution in [3.63, 3.8) is 0 Å². The van der Waals surface area contributed by atoms with Crippen LogP contribution >= 0.6 is 0 Å². The molecule has 47 heavy (non-hydrogen) atoms. The number of aromatic nitrogens is 2. The van der Waals surface area contributed by atoms with Crippen LogP contribution in [-0.4, -0.2) is 69.3 Å². The summed E-state index contributed by atoms with van der Waals surface area (Å²) < 4.78 is 16.9. The van der Waals surface area contributed by atoms with E-state index in [1.165, 1.54) is 37.8 Å². The van der Waals surface area contributed by atoms with Crippen molar-refractivity contribution in [2.45, 2.75) is 115 Å². The molecule has 0 spiro atoms. The molecular formula is C40H70BN3O3. The fraction of sp³-hybridized carbons (Fsp3) is 0.600. The summed E-state index contributed by atoms with van der Waals surface area (Å²) in [5.74, 6) is 2.28. The molecule has 0 saturated carbocycles. The second kappa shape index (κ2) is 34.4. The largest absolute Gasteiger partial charge is 0.493 e. The molecule has 3 aromatic rings. The van der Waals surface area contributed by atoms with Crippen LogP contribution in [0.3, 0.4) is 0 Å². The monoisotopic (exact) mass is 652 g/mol. The molecule has 4 rings (SSSR count). The van der Waals surface area contributed by atoms with E-state index in [4.69, 9.17) is 22.1 Å². The molecule has 0 unspecified atom stereocenters. The predicted molar refractivity (Wildman–Crippen MR) is 209 cm³/mol. The standard InChI is InChI=1S/C22H33N3O3.C8H9B.4C2H6.C2H4/c1-17-19-15-21(26-3)22(16-20(19)24-18(2)23-17)28-12-8-6-4-5-7-9-25-10-13-27-14-11-25;1-2-7-4-3-5-8(9)6-7;5*1-2/h15-16H,4-14H2,1-3H3;3-6H,2H2,1H3;4*1-2H3;1-2H2. The van der Waals surface area contributed by atoms with E-state index in [2.05, 4.69) is 41.0 Å².